The Bertz CT molecular complexity index is 369. The van der Waals surface area contributed by atoms with E-state index in [1.165, 1.54) is 12.7 Å². The van der Waals surface area contributed by atoms with Gasteiger partial charge in [0.05, 0.1) is 12.7 Å². The molecular weight excluding hydrogens is 200 g/mol. The van der Waals surface area contributed by atoms with Crippen molar-refractivity contribution in [3.63, 3.8) is 0 Å². The second kappa shape index (κ2) is 6.11. The number of hydrogen-bond acceptors (Lipinski definition) is 2. The highest BCUT2D eigenvalue weighted by Crippen LogP contribution is 2.24. The van der Waals surface area contributed by atoms with Gasteiger partial charge in [0.25, 0.3) is 0 Å². The Kier molecular flexibility index (Phi) is 4.77. The van der Waals surface area contributed by atoms with E-state index in [0.717, 1.165) is 12.8 Å². The Morgan fingerprint density at radius 1 is 1.56 bits per heavy atom. The van der Waals surface area contributed by atoms with Gasteiger partial charge in [0.2, 0.25) is 0 Å². The van der Waals surface area contributed by atoms with Crippen molar-refractivity contribution >= 4 is 5.97 Å². The van der Waals surface area contributed by atoms with Crippen LogP contribution in [0.4, 0.5) is 0 Å². The molecule has 0 aliphatic rings. The topological polar surface area (TPSA) is 26.3 Å². The number of methoxy groups -OCH3 is 1. The van der Waals surface area contributed by atoms with Gasteiger partial charge in [-0.2, -0.15) is 0 Å². The lowest BCUT2D eigenvalue weighted by Gasteiger charge is -2.13. The van der Waals surface area contributed by atoms with E-state index < -0.39 is 0 Å². The molecule has 0 heterocycles. The van der Waals surface area contributed by atoms with E-state index in [9.17, 15) is 4.79 Å². The Labute approximate surface area is 96.9 Å². The lowest BCUT2D eigenvalue weighted by atomic mass is 9.92. The molecule has 2 heteroatoms. The van der Waals surface area contributed by atoms with E-state index in [4.69, 9.17) is 4.74 Å². The minimum atomic E-state index is -0.282. The molecule has 0 radical (unpaired) electrons. The van der Waals surface area contributed by atoms with Crippen LogP contribution in [0.5, 0.6) is 0 Å². The number of carbonyl (C=O) groups excluding carboxylic acids is 1. The Morgan fingerprint density at radius 2 is 2.31 bits per heavy atom. The number of carbonyl (C=O) groups is 1. The van der Waals surface area contributed by atoms with Gasteiger partial charge in [0.15, 0.2) is 0 Å². The monoisotopic (exact) mass is 218 g/mol. The molecule has 1 unspecified atom stereocenters. The van der Waals surface area contributed by atoms with Crippen LogP contribution in [-0.4, -0.2) is 13.1 Å². The summed E-state index contributed by atoms with van der Waals surface area (Å²) in [6.07, 6.45) is 3.89. The van der Waals surface area contributed by atoms with Crippen LogP contribution in [0.15, 0.2) is 36.9 Å². The number of benzene rings is 1. The summed E-state index contributed by atoms with van der Waals surface area (Å²) in [7, 11) is 1.40. The molecule has 0 saturated heterocycles. The molecule has 0 aliphatic carbocycles. The van der Waals surface area contributed by atoms with Gasteiger partial charge >= 0.3 is 5.97 Å². The molecule has 16 heavy (non-hydrogen) atoms. The molecule has 1 rings (SSSR count). The summed E-state index contributed by atoms with van der Waals surface area (Å²) < 4.78 is 4.71. The smallest absolute Gasteiger partial charge is 0.337 e. The quantitative estimate of drug-likeness (QED) is 0.558. The van der Waals surface area contributed by atoms with Crippen molar-refractivity contribution in [2.24, 2.45) is 0 Å². The minimum absolute atomic E-state index is 0.282. The molecule has 0 fully saturated rings. The number of allylic oxidation sites excluding steroid dienone is 1. The van der Waals surface area contributed by atoms with Crippen LogP contribution in [0, 0.1) is 0 Å². The molecule has 1 aromatic rings. The van der Waals surface area contributed by atoms with Crippen LogP contribution in [0.3, 0.4) is 0 Å². The summed E-state index contributed by atoms with van der Waals surface area (Å²) in [6, 6.07) is 7.62. The first-order valence-corrected chi connectivity index (χ1v) is 5.52. The summed E-state index contributed by atoms with van der Waals surface area (Å²) in [5.74, 6) is 0.150. The molecule has 2 nitrogen and oxygen atoms in total. The fraction of sp³-hybridized carbons (Fsp3) is 0.357. The second-order valence-electron chi connectivity index (χ2n) is 3.75. The third-order valence-corrected chi connectivity index (χ3v) is 2.72. The molecule has 0 spiro atoms. The van der Waals surface area contributed by atoms with Gasteiger partial charge in [-0.05, 0) is 36.5 Å². The van der Waals surface area contributed by atoms with Crippen LogP contribution in [0.1, 0.15) is 41.6 Å². The fourth-order valence-electron chi connectivity index (χ4n) is 1.78. The lowest BCUT2D eigenvalue weighted by molar-refractivity contribution is 0.0600. The zero-order valence-corrected chi connectivity index (χ0v) is 9.90. The molecule has 1 aromatic carbocycles. The average Bonchev–Trinajstić information content (AvgIpc) is 2.35. The number of hydrogen-bond donors (Lipinski definition) is 0. The van der Waals surface area contributed by atoms with Crippen molar-refractivity contribution in [3.8, 4) is 0 Å². The maximum atomic E-state index is 11.4. The fourth-order valence-corrected chi connectivity index (χ4v) is 1.78. The van der Waals surface area contributed by atoms with Crippen LogP contribution in [0.25, 0.3) is 0 Å². The van der Waals surface area contributed by atoms with Gasteiger partial charge < -0.3 is 4.74 Å². The van der Waals surface area contributed by atoms with Crippen LogP contribution >= 0.6 is 0 Å². The molecule has 0 bridgehead atoms. The van der Waals surface area contributed by atoms with E-state index in [-0.39, 0.29) is 5.97 Å². The highest BCUT2D eigenvalue weighted by Gasteiger charge is 2.11. The maximum absolute atomic E-state index is 11.4. The first kappa shape index (κ1) is 12.5. The Morgan fingerprint density at radius 3 is 2.88 bits per heavy atom. The third-order valence-electron chi connectivity index (χ3n) is 2.72. The normalized spacial score (nSPS) is 11.9. The van der Waals surface area contributed by atoms with Crippen molar-refractivity contribution in [2.75, 3.05) is 7.11 Å². The number of ether oxygens (including phenoxy) is 1. The first-order valence-electron chi connectivity index (χ1n) is 5.52. The molecule has 0 N–H and O–H groups in total. The number of esters is 1. The Balaban J connectivity index is 2.96. The van der Waals surface area contributed by atoms with Crippen molar-refractivity contribution < 1.29 is 9.53 Å². The zero-order valence-electron chi connectivity index (χ0n) is 9.90. The average molecular weight is 218 g/mol. The highest BCUT2D eigenvalue weighted by molar-refractivity contribution is 5.89. The zero-order chi connectivity index (χ0) is 12.0. The summed E-state index contributed by atoms with van der Waals surface area (Å²) >= 11 is 0. The molecule has 0 aliphatic heterocycles. The van der Waals surface area contributed by atoms with Crippen molar-refractivity contribution in [1.29, 1.82) is 0 Å². The summed E-state index contributed by atoms with van der Waals surface area (Å²) in [5, 5.41) is 0. The second-order valence-corrected chi connectivity index (χ2v) is 3.75. The van der Waals surface area contributed by atoms with Crippen molar-refractivity contribution in [3.05, 3.63) is 48.0 Å². The summed E-state index contributed by atoms with van der Waals surface area (Å²) in [5.41, 5.74) is 1.79. The molecule has 1 atom stereocenters. The molecule has 0 saturated carbocycles. The minimum Gasteiger partial charge on any atom is -0.465 e. The number of rotatable bonds is 5. The predicted molar refractivity (Wildman–Crippen MR) is 65.6 cm³/mol. The van der Waals surface area contributed by atoms with E-state index >= 15 is 0 Å². The predicted octanol–water partition coefficient (Wildman–Crippen LogP) is 3.54. The van der Waals surface area contributed by atoms with Gasteiger partial charge in [-0.1, -0.05) is 25.1 Å². The molecular formula is C14H18O2. The van der Waals surface area contributed by atoms with Crippen LogP contribution in [-0.2, 0) is 4.74 Å². The largest absolute Gasteiger partial charge is 0.465 e. The standard InChI is InChI=1S/C14H18O2/c1-4-7-11(5-2)12-8-6-9-13(10-12)14(15)16-3/h4,6,8-11H,1,5,7H2,2-3H3. The van der Waals surface area contributed by atoms with Gasteiger partial charge in [-0.3, -0.25) is 0 Å². The highest BCUT2D eigenvalue weighted by atomic mass is 16.5. The summed E-state index contributed by atoms with van der Waals surface area (Å²) in [6.45, 7) is 5.89. The lowest BCUT2D eigenvalue weighted by Crippen LogP contribution is -2.03. The van der Waals surface area contributed by atoms with E-state index in [1.807, 2.05) is 24.3 Å². The van der Waals surface area contributed by atoms with Gasteiger partial charge in [-0.15, -0.1) is 6.58 Å². The van der Waals surface area contributed by atoms with Crippen molar-refractivity contribution in [2.45, 2.75) is 25.7 Å². The molecule has 86 valence electrons. The van der Waals surface area contributed by atoms with E-state index in [1.54, 1.807) is 6.07 Å². The SMILES string of the molecule is C=CCC(CC)c1cccc(C(=O)OC)c1. The van der Waals surface area contributed by atoms with E-state index in [0.29, 0.717) is 11.5 Å². The van der Waals surface area contributed by atoms with Crippen LogP contribution in [0.2, 0.25) is 0 Å². The maximum Gasteiger partial charge on any atom is 0.337 e. The summed E-state index contributed by atoms with van der Waals surface area (Å²) in [4.78, 5) is 11.4. The molecule has 0 amide bonds. The van der Waals surface area contributed by atoms with Gasteiger partial charge in [0, 0.05) is 0 Å². The van der Waals surface area contributed by atoms with Crippen molar-refractivity contribution in [1.82, 2.24) is 0 Å². The Hall–Kier alpha value is -1.57. The van der Waals surface area contributed by atoms with Gasteiger partial charge in [-0.25, -0.2) is 4.79 Å². The van der Waals surface area contributed by atoms with E-state index in [2.05, 4.69) is 13.5 Å². The van der Waals surface area contributed by atoms with Crippen LogP contribution < -0.4 is 0 Å². The first-order chi connectivity index (χ1) is 7.72. The third kappa shape index (κ3) is 2.96. The van der Waals surface area contributed by atoms with Gasteiger partial charge in [0.1, 0.15) is 0 Å². The molecule has 0 aromatic heterocycles.